The van der Waals surface area contributed by atoms with Gasteiger partial charge in [-0.05, 0) is 60.2 Å². The zero-order valence-corrected chi connectivity index (χ0v) is 20.0. The van der Waals surface area contributed by atoms with E-state index in [4.69, 9.17) is 21.1 Å². The monoisotopic (exact) mass is 446 g/mol. The van der Waals surface area contributed by atoms with Crippen LogP contribution in [0.3, 0.4) is 0 Å². The molecule has 2 N–H and O–H groups in total. The summed E-state index contributed by atoms with van der Waals surface area (Å²) in [5.41, 5.74) is 2.52. The fourth-order valence-electron chi connectivity index (χ4n) is 3.70. The second kappa shape index (κ2) is 9.60. The molecule has 0 aliphatic carbocycles. The molecule has 2 aromatic rings. The van der Waals surface area contributed by atoms with Crippen LogP contribution in [0.4, 0.5) is 0 Å². The molecule has 0 amide bonds. The van der Waals surface area contributed by atoms with Crippen molar-refractivity contribution in [2.75, 3.05) is 0 Å². The highest BCUT2D eigenvalue weighted by molar-refractivity contribution is 6.53. The van der Waals surface area contributed by atoms with Gasteiger partial charge in [-0.25, -0.2) is 9.78 Å². The van der Waals surface area contributed by atoms with Gasteiger partial charge in [-0.2, -0.15) is 0 Å². The van der Waals surface area contributed by atoms with Crippen molar-refractivity contribution in [2.24, 2.45) is 0 Å². The third-order valence-corrected chi connectivity index (χ3v) is 9.34. The molecule has 5 nitrogen and oxygen atoms in total. The van der Waals surface area contributed by atoms with Gasteiger partial charge in [0.25, 0.3) is 0 Å². The smallest absolute Gasteiger partial charge is 0.335 e. The summed E-state index contributed by atoms with van der Waals surface area (Å²) in [6.45, 7) is 8.99. The SMILES string of the molecule is C[SiH](O[C@H](c1ccc(Cl)nc1)[C@H]1CC[C@@H](Cc2ccc(C(=O)O)cc2)N1)C(C)(C)C. The van der Waals surface area contributed by atoms with Crippen molar-refractivity contribution in [2.45, 2.75) is 69.8 Å². The van der Waals surface area contributed by atoms with Crippen molar-refractivity contribution in [1.29, 1.82) is 0 Å². The molecule has 1 aromatic carbocycles. The van der Waals surface area contributed by atoms with Gasteiger partial charge in [0.2, 0.25) is 0 Å². The van der Waals surface area contributed by atoms with E-state index in [1.807, 2.05) is 30.5 Å². The lowest BCUT2D eigenvalue weighted by Gasteiger charge is -2.33. The summed E-state index contributed by atoms with van der Waals surface area (Å²) < 4.78 is 6.69. The number of nitrogens with one attached hydrogen (secondary N) is 1. The Morgan fingerprint density at radius 1 is 1.27 bits per heavy atom. The molecule has 30 heavy (non-hydrogen) atoms. The first-order valence-corrected chi connectivity index (χ1v) is 13.1. The van der Waals surface area contributed by atoms with Crippen LogP contribution in [0.1, 0.15) is 61.2 Å². The average Bonchev–Trinajstić information content (AvgIpc) is 3.14. The number of aromatic nitrogens is 1. The number of aromatic carboxylic acids is 1. The Bertz CT molecular complexity index is 852. The van der Waals surface area contributed by atoms with Gasteiger partial charge >= 0.3 is 5.97 Å². The lowest BCUT2D eigenvalue weighted by atomic mass is 10.0. The van der Waals surface area contributed by atoms with Crippen LogP contribution in [0, 0.1) is 0 Å². The Morgan fingerprint density at radius 3 is 2.53 bits per heavy atom. The van der Waals surface area contributed by atoms with E-state index < -0.39 is 15.0 Å². The molecule has 1 fully saturated rings. The molecule has 3 rings (SSSR count). The fraction of sp³-hybridized carbons (Fsp3) is 0.478. The van der Waals surface area contributed by atoms with Crippen LogP contribution in [0.25, 0.3) is 0 Å². The average molecular weight is 447 g/mol. The van der Waals surface area contributed by atoms with E-state index in [0.717, 1.165) is 30.4 Å². The van der Waals surface area contributed by atoms with Crippen molar-refractivity contribution < 1.29 is 14.3 Å². The van der Waals surface area contributed by atoms with Crippen molar-refractivity contribution in [3.05, 3.63) is 64.4 Å². The molecule has 2 heterocycles. The molecule has 0 radical (unpaired) electrons. The van der Waals surface area contributed by atoms with E-state index in [2.05, 4.69) is 37.6 Å². The largest absolute Gasteiger partial charge is 0.478 e. The van der Waals surface area contributed by atoms with Crippen molar-refractivity contribution in [3.8, 4) is 0 Å². The Kier molecular flexibility index (Phi) is 7.34. The van der Waals surface area contributed by atoms with E-state index in [1.165, 1.54) is 0 Å². The second-order valence-corrected chi connectivity index (χ2v) is 12.9. The summed E-state index contributed by atoms with van der Waals surface area (Å²) in [6, 6.07) is 11.6. The molecule has 1 aliphatic rings. The Balaban J connectivity index is 1.71. The number of benzene rings is 1. The summed E-state index contributed by atoms with van der Waals surface area (Å²) in [7, 11) is -1.45. The summed E-state index contributed by atoms with van der Waals surface area (Å²) in [5, 5.41) is 13.5. The van der Waals surface area contributed by atoms with E-state index >= 15 is 0 Å². The topological polar surface area (TPSA) is 71.5 Å². The fourth-order valence-corrected chi connectivity index (χ4v) is 5.01. The number of carboxylic acid groups (broad SMARTS) is 1. The molecule has 1 saturated heterocycles. The highest BCUT2D eigenvalue weighted by Gasteiger charge is 2.35. The Morgan fingerprint density at radius 2 is 1.97 bits per heavy atom. The minimum Gasteiger partial charge on any atom is -0.478 e. The Hall–Kier alpha value is -1.73. The number of hydrogen-bond acceptors (Lipinski definition) is 4. The van der Waals surface area contributed by atoms with Gasteiger partial charge in [-0.3, -0.25) is 0 Å². The predicted octanol–water partition coefficient (Wildman–Crippen LogP) is 5.01. The highest BCUT2D eigenvalue weighted by Crippen LogP contribution is 2.35. The van der Waals surface area contributed by atoms with E-state index in [-0.39, 0.29) is 17.2 Å². The number of rotatable bonds is 7. The van der Waals surface area contributed by atoms with Crippen LogP contribution >= 0.6 is 11.6 Å². The highest BCUT2D eigenvalue weighted by atomic mass is 35.5. The third kappa shape index (κ3) is 5.91. The molecular weight excluding hydrogens is 416 g/mol. The molecule has 1 aromatic heterocycles. The summed E-state index contributed by atoms with van der Waals surface area (Å²) in [6.07, 6.45) is 4.73. The zero-order chi connectivity index (χ0) is 21.9. The van der Waals surface area contributed by atoms with Gasteiger partial charge in [-0.1, -0.05) is 50.6 Å². The first kappa shape index (κ1) is 22.9. The van der Waals surface area contributed by atoms with Crippen LogP contribution in [0.2, 0.25) is 16.7 Å². The number of hydrogen-bond donors (Lipinski definition) is 2. The maximum Gasteiger partial charge on any atom is 0.335 e. The van der Waals surface area contributed by atoms with Gasteiger partial charge < -0.3 is 14.8 Å². The van der Waals surface area contributed by atoms with Gasteiger partial charge in [0.15, 0.2) is 9.04 Å². The molecular formula is C23H31ClN2O3Si. The number of halogens is 1. The van der Waals surface area contributed by atoms with Crippen molar-refractivity contribution in [3.63, 3.8) is 0 Å². The molecule has 1 unspecified atom stereocenters. The molecule has 162 valence electrons. The van der Waals surface area contributed by atoms with Crippen LogP contribution in [-0.2, 0) is 10.8 Å². The van der Waals surface area contributed by atoms with Gasteiger partial charge in [0, 0.05) is 18.3 Å². The van der Waals surface area contributed by atoms with Crippen molar-refractivity contribution >= 4 is 26.6 Å². The van der Waals surface area contributed by atoms with Gasteiger partial charge in [0.05, 0.1) is 11.7 Å². The summed E-state index contributed by atoms with van der Waals surface area (Å²) in [4.78, 5) is 15.3. The maximum absolute atomic E-state index is 11.1. The zero-order valence-electron chi connectivity index (χ0n) is 18.1. The van der Waals surface area contributed by atoms with Crippen LogP contribution in [0.5, 0.6) is 0 Å². The predicted molar refractivity (Wildman–Crippen MR) is 123 cm³/mol. The lowest BCUT2D eigenvalue weighted by molar-refractivity contribution is 0.0697. The maximum atomic E-state index is 11.1. The van der Waals surface area contributed by atoms with Gasteiger partial charge in [-0.15, -0.1) is 0 Å². The Labute approximate surface area is 185 Å². The van der Waals surface area contributed by atoms with Crippen LogP contribution in [0.15, 0.2) is 42.6 Å². The van der Waals surface area contributed by atoms with Gasteiger partial charge in [0.1, 0.15) is 5.15 Å². The van der Waals surface area contributed by atoms with Crippen LogP contribution in [-0.4, -0.2) is 37.2 Å². The second-order valence-electron chi connectivity index (χ2n) is 9.23. The molecule has 0 bridgehead atoms. The molecule has 0 saturated carbocycles. The molecule has 4 atom stereocenters. The quantitative estimate of drug-likeness (QED) is 0.462. The van der Waals surface area contributed by atoms with E-state index in [0.29, 0.717) is 16.8 Å². The molecule has 1 aliphatic heterocycles. The van der Waals surface area contributed by atoms with E-state index in [9.17, 15) is 4.79 Å². The van der Waals surface area contributed by atoms with Crippen molar-refractivity contribution in [1.82, 2.24) is 10.3 Å². The molecule has 0 spiro atoms. The first-order chi connectivity index (χ1) is 14.1. The lowest BCUT2D eigenvalue weighted by Crippen LogP contribution is -2.39. The molecule has 7 heteroatoms. The third-order valence-electron chi connectivity index (χ3n) is 5.97. The first-order valence-electron chi connectivity index (χ1n) is 10.5. The number of pyridine rings is 1. The number of carbonyl (C=O) groups is 1. The minimum absolute atomic E-state index is 0.0463. The standard InChI is InChI=1S/C23H31ClN2O3Si/c1-23(2,3)30(4)29-21(17-9-12-20(24)25-14-17)19-11-10-18(26-19)13-15-5-7-16(8-6-15)22(27)28/h5-9,12,14,18-19,21,26,30H,10-11,13H2,1-4H3,(H,27,28)/t18-,19+,21+,30?/m0/s1. The summed E-state index contributed by atoms with van der Waals surface area (Å²) in [5.74, 6) is -0.894. The number of nitrogens with zero attached hydrogens (tertiary/aromatic N) is 1. The minimum atomic E-state index is -1.45. The van der Waals surface area contributed by atoms with E-state index in [1.54, 1.807) is 12.1 Å². The van der Waals surface area contributed by atoms with Crippen LogP contribution < -0.4 is 5.32 Å². The normalized spacial score (nSPS) is 21.4. The number of carboxylic acids is 1. The summed E-state index contributed by atoms with van der Waals surface area (Å²) >= 11 is 6.00.